The normalized spacial score (nSPS) is 11.5. The Labute approximate surface area is 80.7 Å². The van der Waals surface area contributed by atoms with Crippen LogP contribution in [0.25, 0.3) is 10.9 Å². The Morgan fingerprint density at radius 3 is 2.57 bits per heavy atom. The Hall–Kier alpha value is -1.38. The fourth-order valence-corrected chi connectivity index (χ4v) is 1.65. The first-order chi connectivity index (χ1) is 6.59. The number of rotatable bonds is 1. The largest absolute Gasteiger partial charge is 0.359 e. The summed E-state index contributed by atoms with van der Waals surface area (Å²) in [6.07, 6.45) is 1.73. The molecule has 1 heterocycles. The van der Waals surface area contributed by atoms with Gasteiger partial charge in [0.25, 0.3) is 0 Å². The lowest BCUT2D eigenvalue weighted by molar-refractivity contribution is 0.591. The summed E-state index contributed by atoms with van der Waals surface area (Å²) < 4.78 is 26.2. The van der Waals surface area contributed by atoms with E-state index in [2.05, 4.69) is 4.98 Å². The molecule has 1 aromatic heterocycles. The molecule has 3 heteroatoms. The number of halogens is 2. The summed E-state index contributed by atoms with van der Waals surface area (Å²) in [7, 11) is 0. The van der Waals surface area contributed by atoms with Crippen LogP contribution in [0.2, 0.25) is 0 Å². The lowest BCUT2D eigenvalue weighted by Crippen LogP contribution is -1.86. The Balaban J connectivity index is 2.78. The fourth-order valence-electron chi connectivity index (χ4n) is 1.65. The van der Waals surface area contributed by atoms with Gasteiger partial charge in [0, 0.05) is 17.6 Å². The molecule has 0 amide bonds. The number of hydrogen-bond donors (Lipinski definition) is 1. The lowest BCUT2D eigenvalue weighted by Gasteiger charge is -2.02. The number of fused-ring (bicyclic) bond motifs is 1. The highest BCUT2D eigenvalue weighted by Crippen LogP contribution is 2.27. The molecule has 0 aliphatic rings. The van der Waals surface area contributed by atoms with Crippen molar-refractivity contribution in [2.24, 2.45) is 0 Å². The van der Waals surface area contributed by atoms with Crippen LogP contribution in [0.15, 0.2) is 18.3 Å². The fraction of sp³-hybridized carbons (Fsp3) is 0.273. The Morgan fingerprint density at radius 2 is 1.93 bits per heavy atom. The molecule has 1 N–H and O–H groups in total. The monoisotopic (exact) mass is 195 g/mol. The average molecular weight is 195 g/mol. The van der Waals surface area contributed by atoms with Crippen molar-refractivity contribution in [3.63, 3.8) is 0 Å². The molecule has 0 atom stereocenters. The van der Waals surface area contributed by atoms with E-state index in [0.29, 0.717) is 10.9 Å². The number of nitrogens with one attached hydrogen (secondary N) is 1. The van der Waals surface area contributed by atoms with Crippen molar-refractivity contribution in [3.05, 3.63) is 35.5 Å². The maximum Gasteiger partial charge on any atom is 0.150 e. The number of benzene rings is 1. The summed E-state index contributed by atoms with van der Waals surface area (Å²) in [4.78, 5) is 2.82. The van der Waals surface area contributed by atoms with Crippen LogP contribution in [0.4, 0.5) is 8.78 Å². The van der Waals surface area contributed by atoms with Crippen LogP contribution in [0.5, 0.6) is 0 Å². The standard InChI is InChI=1S/C11H11F2N/c1-6(2)9-5-14-11-8(9)3-7(12)4-10(11)13/h3-6,14H,1-2H3. The van der Waals surface area contributed by atoms with Gasteiger partial charge in [0.2, 0.25) is 0 Å². The summed E-state index contributed by atoms with van der Waals surface area (Å²) in [5, 5.41) is 0.637. The molecular formula is C11H11F2N. The number of aromatic amines is 1. The molecule has 1 nitrogen and oxygen atoms in total. The molecule has 2 aromatic rings. The van der Waals surface area contributed by atoms with Gasteiger partial charge in [0.1, 0.15) is 11.6 Å². The first kappa shape index (κ1) is 9.19. The third kappa shape index (κ3) is 1.29. The van der Waals surface area contributed by atoms with E-state index in [4.69, 9.17) is 0 Å². The number of hydrogen-bond acceptors (Lipinski definition) is 0. The molecule has 0 spiro atoms. The van der Waals surface area contributed by atoms with Crippen LogP contribution in [-0.2, 0) is 0 Å². The minimum Gasteiger partial charge on any atom is -0.359 e. The van der Waals surface area contributed by atoms with Gasteiger partial charge < -0.3 is 4.98 Å². The lowest BCUT2D eigenvalue weighted by atomic mass is 10.0. The number of H-pyrrole nitrogens is 1. The second kappa shape index (κ2) is 3.08. The highest BCUT2D eigenvalue weighted by molar-refractivity contribution is 5.84. The smallest absolute Gasteiger partial charge is 0.150 e. The summed E-state index contributed by atoms with van der Waals surface area (Å²) in [5.74, 6) is -0.812. The Morgan fingerprint density at radius 1 is 1.21 bits per heavy atom. The molecule has 0 radical (unpaired) electrons. The van der Waals surface area contributed by atoms with Gasteiger partial charge in [-0.15, -0.1) is 0 Å². The van der Waals surface area contributed by atoms with E-state index in [9.17, 15) is 8.78 Å². The van der Waals surface area contributed by atoms with E-state index >= 15 is 0 Å². The van der Waals surface area contributed by atoms with Crippen molar-refractivity contribution in [2.75, 3.05) is 0 Å². The molecule has 0 aliphatic carbocycles. The van der Waals surface area contributed by atoms with Crippen molar-refractivity contribution < 1.29 is 8.78 Å². The zero-order chi connectivity index (χ0) is 10.3. The predicted octanol–water partition coefficient (Wildman–Crippen LogP) is 3.57. The first-order valence-electron chi connectivity index (χ1n) is 4.55. The molecule has 0 unspecified atom stereocenters. The van der Waals surface area contributed by atoms with E-state index in [1.807, 2.05) is 13.8 Å². The average Bonchev–Trinajstić information content (AvgIpc) is 2.47. The summed E-state index contributed by atoms with van der Waals surface area (Å²) >= 11 is 0. The van der Waals surface area contributed by atoms with Gasteiger partial charge in [0.05, 0.1) is 5.52 Å². The van der Waals surface area contributed by atoms with Gasteiger partial charge in [-0.25, -0.2) is 8.78 Å². The van der Waals surface area contributed by atoms with Crippen LogP contribution in [0.3, 0.4) is 0 Å². The molecule has 0 aliphatic heterocycles. The molecule has 0 saturated carbocycles. The van der Waals surface area contributed by atoms with E-state index in [-0.39, 0.29) is 5.92 Å². The molecule has 74 valence electrons. The highest BCUT2D eigenvalue weighted by Gasteiger charge is 2.11. The second-order valence-corrected chi connectivity index (χ2v) is 3.71. The maximum atomic E-state index is 13.3. The van der Waals surface area contributed by atoms with Crippen molar-refractivity contribution in [2.45, 2.75) is 19.8 Å². The molecule has 0 fully saturated rings. The minimum atomic E-state index is -0.535. The summed E-state index contributed by atoms with van der Waals surface area (Å²) in [5.41, 5.74) is 1.33. The highest BCUT2D eigenvalue weighted by atomic mass is 19.1. The van der Waals surface area contributed by atoms with Gasteiger partial charge in [-0.1, -0.05) is 13.8 Å². The van der Waals surface area contributed by atoms with E-state index in [1.54, 1.807) is 6.20 Å². The molecule has 0 bridgehead atoms. The van der Waals surface area contributed by atoms with Crippen molar-refractivity contribution in [1.29, 1.82) is 0 Å². The minimum absolute atomic E-state index is 0.255. The Bertz CT molecular complexity index is 471. The quantitative estimate of drug-likeness (QED) is 0.716. The summed E-state index contributed by atoms with van der Waals surface area (Å²) in [6.45, 7) is 3.98. The third-order valence-corrected chi connectivity index (χ3v) is 2.36. The maximum absolute atomic E-state index is 13.3. The SMILES string of the molecule is CC(C)c1c[nH]c2c(F)cc(F)cc12. The van der Waals surface area contributed by atoms with Gasteiger partial charge >= 0.3 is 0 Å². The van der Waals surface area contributed by atoms with Crippen LogP contribution < -0.4 is 0 Å². The molecular weight excluding hydrogens is 184 g/mol. The van der Waals surface area contributed by atoms with E-state index in [0.717, 1.165) is 11.6 Å². The van der Waals surface area contributed by atoms with Gasteiger partial charge in [-0.05, 0) is 17.5 Å². The van der Waals surface area contributed by atoms with Crippen LogP contribution >= 0.6 is 0 Å². The molecule has 1 aromatic carbocycles. The van der Waals surface area contributed by atoms with Crippen molar-refractivity contribution in [3.8, 4) is 0 Å². The third-order valence-electron chi connectivity index (χ3n) is 2.36. The number of aromatic nitrogens is 1. The van der Waals surface area contributed by atoms with Gasteiger partial charge in [-0.3, -0.25) is 0 Å². The summed E-state index contributed by atoms with van der Waals surface area (Å²) in [6, 6.07) is 2.26. The topological polar surface area (TPSA) is 15.8 Å². The Kier molecular flexibility index (Phi) is 2.02. The van der Waals surface area contributed by atoms with Gasteiger partial charge in [0.15, 0.2) is 0 Å². The molecule has 0 saturated heterocycles. The van der Waals surface area contributed by atoms with Crippen LogP contribution in [0, 0.1) is 11.6 Å². The first-order valence-corrected chi connectivity index (χ1v) is 4.55. The van der Waals surface area contributed by atoms with E-state index < -0.39 is 11.6 Å². The van der Waals surface area contributed by atoms with Gasteiger partial charge in [-0.2, -0.15) is 0 Å². The van der Waals surface area contributed by atoms with Crippen molar-refractivity contribution >= 4 is 10.9 Å². The molecule has 2 rings (SSSR count). The van der Waals surface area contributed by atoms with Crippen LogP contribution in [0.1, 0.15) is 25.3 Å². The predicted molar refractivity (Wildman–Crippen MR) is 52.3 cm³/mol. The zero-order valence-corrected chi connectivity index (χ0v) is 8.07. The zero-order valence-electron chi connectivity index (χ0n) is 8.07. The van der Waals surface area contributed by atoms with Crippen LogP contribution in [-0.4, -0.2) is 4.98 Å². The second-order valence-electron chi connectivity index (χ2n) is 3.71. The molecule has 14 heavy (non-hydrogen) atoms. The van der Waals surface area contributed by atoms with E-state index in [1.165, 1.54) is 6.07 Å². The van der Waals surface area contributed by atoms with Crippen molar-refractivity contribution in [1.82, 2.24) is 4.98 Å².